The Morgan fingerprint density at radius 1 is 1.09 bits per heavy atom. The van der Waals surface area contributed by atoms with Gasteiger partial charge in [-0.2, -0.15) is 4.31 Å². The average Bonchev–Trinajstić information content (AvgIpc) is 2.82. The van der Waals surface area contributed by atoms with E-state index in [0.717, 1.165) is 23.8 Å². The number of sulfonamides is 1. The molecule has 2 aromatic carbocycles. The van der Waals surface area contributed by atoms with Crippen LogP contribution in [0.3, 0.4) is 0 Å². The van der Waals surface area contributed by atoms with Gasteiger partial charge in [0.15, 0.2) is 0 Å². The molecule has 2 aliphatic rings. The Morgan fingerprint density at radius 3 is 2.66 bits per heavy atom. The van der Waals surface area contributed by atoms with Gasteiger partial charge in [-0.15, -0.1) is 0 Å². The number of benzene rings is 2. The standard InChI is InChI=1S/C23H28N4O4S/c1-17(26-11-9-18-5-2-3-6-20(18)15-26)14-25-23(29)19-7-4-8-21(13-19)32(30,31)27-12-10-24-22(28)16-27/h2-8,13,17H,9-12,14-16H2,1H3,(H,24,28)(H,25,29). The summed E-state index contributed by atoms with van der Waals surface area (Å²) in [6, 6.07) is 14.5. The molecule has 0 aromatic heterocycles. The van der Waals surface area contributed by atoms with Crippen LogP contribution in [-0.2, 0) is 27.8 Å². The molecule has 2 amide bonds. The molecule has 0 bridgehead atoms. The van der Waals surface area contributed by atoms with Gasteiger partial charge >= 0.3 is 0 Å². The molecule has 0 saturated carbocycles. The summed E-state index contributed by atoms with van der Waals surface area (Å²) in [4.78, 5) is 26.7. The van der Waals surface area contributed by atoms with Crippen molar-refractivity contribution in [3.63, 3.8) is 0 Å². The Morgan fingerprint density at radius 2 is 1.88 bits per heavy atom. The van der Waals surface area contributed by atoms with Crippen LogP contribution in [0.15, 0.2) is 53.4 Å². The second kappa shape index (κ2) is 9.40. The third kappa shape index (κ3) is 4.85. The van der Waals surface area contributed by atoms with E-state index in [1.165, 1.54) is 23.3 Å². The minimum Gasteiger partial charge on any atom is -0.354 e. The molecule has 4 rings (SSSR count). The average molecular weight is 457 g/mol. The molecule has 0 spiro atoms. The van der Waals surface area contributed by atoms with Crippen LogP contribution >= 0.6 is 0 Å². The highest BCUT2D eigenvalue weighted by Gasteiger charge is 2.29. The highest BCUT2D eigenvalue weighted by Crippen LogP contribution is 2.20. The molecule has 1 unspecified atom stereocenters. The molecule has 2 heterocycles. The van der Waals surface area contributed by atoms with Crippen LogP contribution in [0, 0.1) is 0 Å². The van der Waals surface area contributed by atoms with Crippen molar-refractivity contribution in [2.75, 3.05) is 32.7 Å². The number of carbonyl (C=O) groups excluding carboxylic acids is 2. The van der Waals surface area contributed by atoms with E-state index in [2.05, 4.69) is 40.7 Å². The Hall–Kier alpha value is -2.75. The van der Waals surface area contributed by atoms with Gasteiger partial charge in [0.05, 0.1) is 11.4 Å². The van der Waals surface area contributed by atoms with Crippen molar-refractivity contribution in [3.8, 4) is 0 Å². The van der Waals surface area contributed by atoms with Crippen LogP contribution in [0.2, 0.25) is 0 Å². The lowest BCUT2D eigenvalue weighted by molar-refractivity contribution is -0.122. The van der Waals surface area contributed by atoms with Crippen LogP contribution in [-0.4, -0.2) is 68.2 Å². The van der Waals surface area contributed by atoms with Crippen molar-refractivity contribution in [2.45, 2.75) is 30.8 Å². The smallest absolute Gasteiger partial charge is 0.251 e. The maximum absolute atomic E-state index is 12.9. The van der Waals surface area contributed by atoms with Crippen LogP contribution in [0.4, 0.5) is 0 Å². The van der Waals surface area contributed by atoms with E-state index in [0.29, 0.717) is 6.54 Å². The van der Waals surface area contributed by atoms with Crippen LogP contribution in [0.1, 0.15) is 28.4 Å². The summed E-state index contributed by atoms with van der Waals surface area (Å²) in [5.74, 6) is -0.647. The number of hydrogen-bond acceptors (Lipinski definition) is 5. The number of nitrogens with zero attached hydrogens (tertiary/aromatic N) is 2. The number of nitrogens with one attached hydrogen (secondary N) is 2. The quantitative estimate of drug-likeness (QED) is 0.675. The highest BCUT2D eigenvalue weighted by molar-refractivity contribution is 7.89. The van der Waals surface area contributed by atoms with Crippen molar-refractivity contribution in [2.24, 2.45) is 0 Å². The lowest BCUT2D eigenvalue weighted by Gasteiger charge is -2.33. The Bertz CT molecular complexity index is 1120. The molecule has 2 aromatic rings. The molecule has 32 heavy (non-hydrogen) atoms. The van der Waals surface area contributed by atoms with Crippen molar-refractivity contribution >= 4 is 21.8 Å². The summed E-state index contributed by atoms with van der Waals surface area (Å²) in [5.41, 5.74) is 2.98. The van der Waals surface area contributed by atoms with Crippen LogP contribution in [0.5, 0.6) is 0 Å². The second-order valence-electron chi connectivity index (χ2n) is 8.26. The number of amides is 2. The van der Waals surface area contributed by atoms with Crippen molar-refractivity contribution in [1.82, 2.24) is 19.8 Å². The van der Waals surface area contributed by atoms with Gasteiger partial charge in [0, 0.05) is 44.3 Å². The van der Waals surface area contributed by atoms with Crippen molar-refractivity contribution in [3.05, 3.63) is 65.2 Å². The zero-order valence-electron chi connectivity index (χ0n) is 18.1. The van der Waals surface area contributed by atoms with E-state index in [-0.39, 0.29) is 47.9 Å². The molecule has 8 nitrogen and oxygen atoms in total. The first kappa shape index (κ1) is 22.4. The summed E-state index contributed by atoms with van der Waals surface area (Å²) in [7, 11) is -3.84. The molecule has 1 atom stereocenters. The molecule has 0 aliphatic carbocycles. The minimum atomic E-state index is -3.84. The lowest BCUT2D eigenvalue weighted by atomic mass is 9.99. The van der Waals surface area contributed by atoms with Gasteiger partial charge in [0.1, 0.15) is 0 Å². The molecule has 2 N–H and O–H groups in total. The molecular formula is C23H28N4O4S. The maximum Gasteiger partial charge on any atom is 0.251 e. The third-order valence-corrected chi connectivity index (χ3v) is 7.92. The topological polar surface area (TPSA) is 98.8 Å². The van der Waals surface area contributed by atoms with Gasteiger partial charge in [-0.3, -0.25) is 14.5 Å². The predicted molar refractivity (Wildman–Crippen MR) is 121 cm³/mol. The van der Waals surface area contributed by atoms with Gasteiger partial charge in [-0.05, 0) is 42.7 Å². The molecule has 0 radical (unpaired) electrons. The minimum absolute atomic E-state index is 0.0144. The molecule has 170 valence electrons. The number of rotatable bonds is 6. The number of carbonyl (C=O) groups is 2. The van der Waals surface area contributed by atoms with E-state index < -0.39 is 10.0 Å². The molecule has 1 saturated heterocycles. The molecular weight excluding hydrogens is 428 g/mol. The first-order chi connectivity index (χ1) is 15.3. The highest BCUT2D eigenvalue weighted by atomic mass is 32.2. The maximum atomic E-state index is 12.9. The van der Waals surface area contributed by atoms with E-state index in [4.69, 9.17) is 0 Å². The number of hydrogen-bond donors (Lipinski definition) is 2. The van der Waals surface area contributed by atoms with Crippen molar-refractivity contribution in [1.29, 1.82) is 0 Å². The first-order valence-electron chi connectivity index (χ1n) is 10.8. The van der Waals surface area contributed by atoms with Gasteiger partial charge in [0.2, 0.25) is 15.9 Å². The number of fused-ring (bicyclic) bond motifs is 1. The van der Waals surface area contributed by atoms with Gasteiger partial charge in [0.25, 0.3) is 5.91 Å². The number of piperazine rings is 1. The Kier molecular flexibility index (Phi) is 6.59. The molecule has 1 fully saturated rings. The summed E-state index contributed by atoms with van der Waals surface area (Å²) < 4.78 is 26.9. The van der Waals surface area contributed by atoms with Gasteiger partial charge < -0.3 is 10.6 Å². The Labute approximate surface area is 188 Å². The van der Waals surface area contributed by atoms with E-state index in [9.17, 15) is 18.0 Å². The fraction of sp³-hybridized carbons (Fsp3) is 0.391. The molecule has 2 aliphatic heterocycles. The Balaban J connectivity index is 1.38. The van der Waals surface area contributed by atoms with E-state index >= 15 is 0 Å². The summed E-state index contributed by atoms with van der Waals surface area (Å²) >= 11 is 0. The summed E-state index contributed by atoms with van der Waals surface area (Å²) in [6.45, 7) is 4.60. The summed E-state index contributed by atoms with van der Waals surface area (Å²) in [6.07, 6.45) is 0.989. The zero-order valence-corrected chi connectivity index (χ0v) is 18.9. The SMILES string of the molecule is CC(CNC(=O)c1cccc(S(=O)(=O)N2CCNC(=O)C2)c1)N1CCc2ccccc2C1. The van der Waals surface area contributed by atoms with E-state index in [1.807, 2.05) is 6.07 Å². The van der Waals surface area contributed by atoms with Crippen LogP contribution < -0.4 is 10.6 Å². The first-order valence-corrected chi connectivity index (χ1v) is 12.2. The van der Waals surface area contributed by atoms with Gasteiger partial charge in [-0.1, -0.05) is 30.3 Å². The zero-order chi connectivity index (χ0) is 22.7. The predicted octanol–water partition coefficient (Wildman–Crippen LogP) is 0.984. The summed E-state index contributed by atoms with van der Waals surface area (Å²) in [5, 5.41) is 5.54. The van der Waals surface area contributed by atoms with Gasteiger partial charge in [-0.25, -0.2) is 8.42 Å². The van der Waals surface area contributed by atoms with Crippen LogP contribution in [0.25, 0.3) is 0 Å². The largest absolute Gasteiger partial charge is 0.354 e. The van der Waals surface area contributed by atoms with Crippen molar-refractivity contribution < 1.29 is 18.0 Å². The third-order valence-electron chi connectivity index (χ3n) is 6.08. The lowest BCUT2D eigenvalue weighted by Crippen LogP contribution is -2.49. The normalized spacial score (nSPS) is 18.5. The van der Waals surface area contributed by atoms with E-state index in [1.54, 1.807) is 12.1 Å². The second-order valence-corrected chi connectivity index (χ2v) is 10.2. The fourth-order valence-electron chi connectivity index (χ4n) is 4.13. The fourth-order valence-corrected chi connectivity index (χ4v) is 5.58. The monoisotopic (exact) mass is 456 g/mol. The molecule has 9 heteroatoms.